The third kappa shape index (κ3) is 2.18. The zero-order chi connectivity index (χ0) is 13.3. The Bertz CT molecular complexity index is 562. The summed E-state index contributed by atoms with van der Waals surface area (Å²) in [5.74, 6) is 1.13. The van der Waals surface area contributed by atoms with Crippen molar-refractivity contribution in [3.05, 3.63) is 35.6 Å². The van der Waals surface area contributed by atoms with Crippen molar-refractivity contribution in [3.8, 4) is 0 Å². The summed E-state index contributed by atoms with van der Waals surface area (Å²) in [5.41, 5.74) is 2.32. The first-order valence-corrected chi connectivity index (χ1v) is 7.50. The Labute approximate surface area is 115 Å². The van der Waals surface area contributed by atoms with Gasteiger partial charge in [0.15, 0.2) is 0 Å². The predicted octanol–water partition coefficient (Wildman–Crippen LogP) is 4.51. The maximum atomic E-state index is 6.23. The van der Waals surface area contributed by atoms with Gasteiger partial charge in [-0.05, 0) is 44.4 Å². The minimum absolute atomic E-state index is 0.0436. The Balaban J connectivity index is 2.07. The van der Waals surface area contributed by atoms with Crippen LogP contribution in [0.4, 0.5) is 0 Å². The van der Waals surface area contributed by atoms with Crippen LogP contribution in [0.1, 0.15) is 50.4 Å². The lowest BCUT2D eigenvalue weighted by Gasteiger charge is -2.30. The second-order valence-electron chi connectivity index (χ2n) is 5.78. The van der Waals surface area contributed by atoms with Crippen LogP contribution in [0, 0.1) is 6.92 Å². The first-order valence-electron chi connectivity index (χ1n) is 7.50. The summed E-state index contributed by atoms with van der Waals surface area (Å²) in [5, 5.41) is 4.98. The molecule has 3 rings (SSSR count). The molecule has 0 radical (unpaired) electrons. The van der Waals surface area contributed by atoms with Gasteiger partial charge in [-0.2, -0.15) is 0 Å². The fourth-order valence-corrected chi connectivity index (χ4v) is 3.28. The van der Waals surface area contributed by atoms with E-state index in [2.05, 4.69) is 43.4 Å². The molecule has 1 aromatic heterocycles. The quantitative estimate of drug-likeness (QED) is 0.856. The number of furan rings is 1. The third-order valence-corrected chi connectivity index (χ3v) is 4.56. The summed E-state index contributed by atoms with van der Waals surface area (Å²) < 4.78 is 6.23. The van der Waals surface area contributed by atoms with E-state index in [1.54, 1.807) is 0 Å². The molecule has 19 heavy (non-hydrogen) atoms. The fraction of sp³-hybridized carbons (Fsp3) is 0.529. The average molecular weight is 257 g/mol. The van der Waals surface area contributed by atoms with E-state index in [-0.39, 0.29) is 5.54 Å². The molecule has 1 aliphatic rings. The van der Waals surface area contributed by atoms with Crippen LogP contribution in [0.5, 0.6) is 0 Å². The summed E-state index contributed by atoms with van der Waals surface area (Å²) in [6.07, 6.45) is 6.17. The van der Waals surface area contributed by atoms with Crippen molar-refractivity contribution in [2.24, 2.45) is 0 Å². The molecule has 102 valence electrons. The number of benzene rings is 1. The predicted molar refractivity (Wildman–Crippen MR) is 79.4 cm³/mol. The van der Waals surface area contributed by atoms with Gasteiger partial charge in [0.2, 0.25) is 0 Å². The number of aryl methyl sites for hydroxylation is 1. The average Bonchev–Trinajstić information content (AvgIpc) is 2.72. The molecule has 2 heterocycles. The highest BCUT2D eigenvalue weighted by molar-refractivity contribution is 5.81. The van der Waals surface area contributed by atoms with Crippen LogP contribution >= 0.6 is 0 Å². The monoisotopic (exact) mass is 257 g/mol. The highest BCUT2D eigenvalue weighted by Gasteiger charge is 2.34. The molecule has 1 aliphatic heterocycles. The normalized spacial score (nSPS) is 24.5. The van der Waals surface area contributed by atoms with Crippen molar-refractivity contribution >= 4 is 11.0 Å². The summed E-state index contributed by atoms with van der Waals surface area (Å²) in [6, 6.07) is 8.62. The minimum atomic E-state index is 0.0436. The van der Waals surface area contributed by atoms with Crippen LogP contribution in [-0.4, -0.2) is 6.54 Å². The lowest BCUT2D eigenvalue weighted by molar-refractivity contribution is 0.259. The van der Waals surface area contributed by atoms with Gasteiger partial charge in [-0.3, -0.25) is 0 Å². The Morgan fingerprint density at radius 1 is 1.26 bits per heavy atom. The number of hydrogen-bond acceptors (Lipinski definition) is 2. The molecule has 1 atom stereocenters. The molecule has 2 nitrogen and oxygen atoms in total. The molecule has 1 fully saturated rings. The van der Waals surface area contributed by atoms with Crippen molar-refractivity contribution in [1.29, 1.82) is 0 Å². The third-order valence-electron chi connectivity index (χ3n) is 4.56. The van der Waals surface area contributed by atoms with Gasteiger partial charge in [0.1, 0.15) is 11.3 Å². The van der Waals surface area contributed by atoms with Crippen LogP contribution in [0.2, 0.25) is 0 Å². The Morgan fingerprint density at radius 3 is 2.95 bits per heavy atom. The zero-order valence-electron chi connectivity index (χ0n) is 12.0. The molecule has 0 bridgehead atoms. The molecule has 0 amide bonds. The summed E-state index contributed by atoms with van der Waals surface area (Å²) in [6.45, 7) is 5.48. The standard InChI is InChI=1S/C17H23NO/c1-3-17(10-5-4-6-11-18-17)15-12-14-9-7-8-13(2)16(14)19-15/h7-9,12,18H,3-6,10-11H2,1-2H3. The van der Waals surface area contributed by atoms with Crippen molar-refractivity contribution in [3.63, 3.8) is 0 Å². The fourth-order valence-electron chi connectivity index (χ4n) is 3.28. The molecule has 1 saturated heterocycles. The van der Waals surface area contributed by atoms with Crippen molar-refractivity contribution in [2.75, 3.05) is 6.54 Å². The van der Waals surface area contributed by atoms with E-state index in [9.17, 15) is 0 Å². The first-order chi connectivity index (χ1) is 9.25. The van der Waals surface area contributed by atoms with Gasteiger partial charge in [0, 0.05) is 5.39 Å². The molecule has 1 aromatic carbocycles. The minimum Gasteiger partial charge on any atom is -0.459 e. The van der Waals surface area contributed by atoms with Crippen molar-refractivity contribution < 1.29 is 4.42 Å². The second-order valence-corrected chi connectivity index (χ2v) is 5.78. The number of fused-ring (bicyclic) bond motifs is 1. The van der Waals surface area contributed by atoms with E-state index in [1.807, 2.05) is 0 Å². The molecule has 0 spiro atoms. The summed E-state index contributed by atoms with van der Waals surface area (Å²) in [4.78, 5) is 0. The van der Waals surface area contributed by atoms with E-state index in [0.29, 0.717) is 0 Å². The van der Waals surface area contributed by atoms with Gasteiger partial charge in [-0.25, -0.2) is 0 Å². The van der Waals surface area contributed by atoms with E-state index >= 15 is 0 Å². The topological polar surface area (TPSA) is 25.2 Å². The Kier molecular flexibility index (Phi) is 3.36. The zero-order valence-corrected chi connectivity index (χ0v) is 12.0. The summed E-state index contributed by atoms with van der Waals surface area (Å²) in [7, 11) is 0. The number of nitrogens with one attached hydrogen (secondary N) is 1. The maximum absolute atomic E-state index is 6.23. The largest absolute Gasteiger partial charge is 0.459 e. The van der Waals surface area contributed by atoms with Gasteiger partial charge < -0.3 is 9.73 Å². The molecule has 1 N–H and O–H groups in total. The Hall–Kier alpha value is -1.28. The lowest BCUT2D eigenvalue weighted by Crippen LogP contribution is -2.40. The van der Waals surface area contributed by atoms with Gasteiger partial charge in [-0.1, -0.05) is 38.0 Å². The molecule has 2 aromatic rings. The van der Waals surface area contributed by atoms with Crippen LogP contribution in [-0.2, 0) is 5.54 Å². The van der Waals surface area contributed by atoms with Crippen LogP contribution in [0.15, 0.2) is 28.7 Å². The van der Waals surface area contributed by atoms with Crippen LogP contribution in [0.25, 0.3) is 11.0 Å². The number of hydrogen-bond donors (Lipinski definition) is 1. The van der Waals surface area contributed by atoms with Crippen LogP contribution < -0.4 is 5.32 Å². The molecule has 0 aliphatic carbocycles. The van der Waals surface area contributed by atoms with Crippen molar-refractivity contribution in [2.45, 2.75) is 51.5 Å². The van der Waals surface area contributed by atoms with Gasteiger partial charge >= 0.3 is 0 Å². The highest BCUT2D eigenvalue weighted by atomic mass is 16.3. The van der Waals surface area contributed by atoms with E-state index in [4.69, 9.17) is 4.42 Å². The van der Waals surface area contributed by atoms with E-state index < -0.39 is 0 Å². The van der Waals surface area contributed by atoms with Crippen molar-refractivity contribution in [1.82, 2.24) is 5.32 Å². The number of rotatable bonds is 2. The van der Waals surface area contributed by atoms with E-state index in [0.717, 1.165) is 24.3 Å². The SMILES string of the molecule is CCC1(c2cc3cccc(C)c3o2)CCCCCN1. The van der Waals surface area contributed by atoms with Gasteiger partial charge in [0.25, 0.3) is 0 Å². The second kappa shape index (κ2) is 5.01. The van der Waals surface area contributed by atoms with Crippen LogP contribution in [0.3, 0.4) is 0 Å². The first kappa shape index (κ1) is 12.7. The van der Waals surface area contributed by atoms with E-state index in [1.165, 1.54) is 36.6 Å². The highest BCUT2D eigenvalue weighted by Crippen LogP contribution is 2.36. The number of para-hydroxylation sites is 1. The lowest BCUT2D eigenvalue weighted by atomic mass is 9.88. The molecular weight excluding hydrogens is 234 g/mol. The van der Waals surface area contributed by atoms with Gasteiger partial charge in [0.05, 0.1) is 5.54 Å². The Morgan fingerprint density at radius 2 is 2.16 bits per heavy atom. The molecule has 1 unspecified atom stereocenters. The molecule has 0 saturated carbocycles. The maximum Gasteiger partial charge on any atom is 0.137 e. The molecule has 2 heteroatoms. The van der Waals surface area contributed by atoms with Gasteiger partial charge in [-0.15, -0.1) is 0 Å². The summed E-state index contributed by atoms with van der Waals surface area (Å²) >= 11 is 0. The smallest absolute Gasteiger partial charge is 0.137 e. The molecular formula is C17H23NO.